The molecule has 0 heterocycles. The summed E-state index contributed by atoms with van der Waals surface area (Å²) in [4.78, 5) is 0. The van der Waals surface area contributed by atoms with Gasteiger partial charge in [-0.2, -0.15) is 0 Å². The Labute approximate surface area is 133 Å². The van der Waals surface area contributed by atoms with Crippen molar-refractivity contribution in [1.29, 1.82) is 0 Å². The van der Waals surface area contributed by atoms with Crippen LogP contribution in [0, 0.1) is 35.0 Å². The third kappa shape index (κ3) is 3.06. The topological polar surface area (TPSA) is 0 Å². The van der Waals surface area contributed by atoms with Crippen molar-refractivity contribution in [1.82, 2.24) is 0 Å². The van der Waals surface area contributed by atoms with Crippen LogP contribution in [0.4, 0.5) is 0 Å². The molecule has 3 fully saturated rings. The third-order valence-electron chi connectivity index (χ3n) is 7.99. The van der Waals surface area contributed by atoms with Crippen LogP contribution in [0.3, 0.4) is 0 Å². The molecule has 0 heteroatoms. The lowest BCUT2D eigenvalue weighted by molar-refractivity contribution is 0.0145. The highest BCUT2D eigenvalue weighted by Gasteiger charge is 2.51. The highest BCUT2D eigenvalue weighted by Crippen LogP contribution is 2.61. The molecule has 0 saturated heterocycles. The molecule has 0 aliphatic heterocycles. The molecular weight excluding hydrogens is 252 g/mol. The molecule has 1 spiro atoms. The molecule has 0 amide bonds. The summed E-state index contributed by atoms with van der Waals surface area (Å²) in [5.74, 6) is 5.29. The monoisotopic (exact) mass is 290 g/mol. The van der Waals surface area contributed by atoms with Gasteiger partial charge in [-0.15, -0.1) is 0 Å². The average molecular weight is 291 g/mol. The molecule has 0 bridgehead atoms. The second kappa shape index (κ2) is 6.63. The van der Waals surface area contributed by atoms with E-state index in [4.69, 9.17) is 0 Å². The van der Waals surface area contributed by atoms with Gasteiger partial charge in [-0.05, 0) is 86.4 Å². The Bertz CT molecular complexity index is 315. The van der Waals surface area contributed by atoms with Crippen LogP contribution >= 0.6 is 0 Å². The summed E-state index contributed by atoms with van der Waals surface area (Å²) in [5.41, 5.74) is 0.773. The van der Waals surface area contributed by atoms with Crippen LogP contribution < -0.4 is 0 Å². The quantitative estimate of drug-likeness (QED) is 0.534. The van der Waals surface area contributed by atoms with E-state index in [0.717, 1.165) is 35.0 Å². The second-order valence-electron chi connectivity index (χ2n) is 9.07. The first-order valence-corrected chi connectivity index (χ1v) is 10.2. The first-order chi connectivity index (χ1) is 10.2. The Balaban J connectivity index is 1.67. The summed E-state index contributed by atoms with van der Waals surface area (Å²) in [6.07, 6.45) is 18.4. The molecule has 0 aromatic rings. The van der Waals surface area contributed by atoms with Gasteiger partial charge in [-0.3, -0.25) is 0 Å². The van der Waals surface area contributed by atoms with Gasteiger partial charge in [-0.25, -0.2) is 0 Å². The lowest BCUT2D eigenvalue weighted by Crippen LogP contribution is -2.39. The Morgan fingerprint density at radius 2 is 1.48 bits per heavy atom. The van der Waals surface area contributed by atoms with Crippen molar-refractivity contribution in [3.63, 3.8) is 0 Å². The van der Waals surface area contributed by atoms with Crippen LogP contribution in [0.2, 0.25) is 0 Å². The molecule has 122 valence electrons. The van der Waals surface area contributed by atoms with Crippen LogP contribution in [0.1, 0.15) is 97.8 Å². The minimum absolute atomic E-state index is 0.773. The Morgan fingerprint density at radius 3 is 2.10 bits per heavy atom. The lowest BCUT2D eigenvalue weighted by atomic mass is 9.57. The van der Waals surface area contributed by atoms with E-state index in [1.165, 1.54) is 32.1 Å². The standard InChI is InChI=1S/C21H38/c1-4-5-18-12-14-21(15-13-18)17(3)8-11-20(21)19-9-6-16(2)7-10-19/h16-20H,4-15H2,1-3H3. The molecule has 3 rings (SSSR count). The molecular formula is C21H38. The zero-order valence-corrected chi connectivity index (χ0v) is 14.9. The molecule has 0 N–H and O–H groups in total. The molecule has 0 aromatic heterocycles. The van der Waals surface area contributed by atoms with E-state index in [2.05, 4.69) is 20.8 Å². The van der Waals surface area contributed by atoms with Crippen LogP contribution in [0.25, 0.3) is 0 Å². The highest BCUT2D eigenvalue weighted by atomic mass is 14.6. The lowest BCUT2D eigenvalue weighted by Gasteiger charge is -2.48. The molecule has 2 unspecified atom stereocenters. The number of hydrogen-bond acceptors (Lipinski definition) is 0. The smallest absolute Gasteiger partial charge is 0.0241 e. The largest absolute Gasteiger partial charge is 0.0654 e. The first-order valence-electron chi connectivity index (χ1n) is 10.2. The molecule has 3 saturated carbocycles. The summed E-state index contributed by atoms with van der Waals surface area (Å²) in [6.45, 7) is 7.44. The van der Waals surface area contributed by atoms with Gasteiger partial charge in [0, 0.05) is 0 Å². The summed E-state index contributed by atoms with van der Waals surface area (Å²) in [5, 5.41) is 0. The van der Waals surface area contributed by atoms with E-state index in [0.29, 0.717) is 0 Å². The van der Waals surface area contributed by atoms with Crippen molar-refractivity contribution in [3.8, 4) is 0 Å². The average Bonchev–Trinajstić information content (AvgIpc) is 2.80. The van der Waals surface area contributed by atoms with Crippen molar-refractivity contribution in [3.05, 3.63) is 0 Å². The molecule has 21 heavy (non-hydrogen) atoms. The van der Waals surface area contributed by atoms with Crippen LogP contribution in [-0.4, -0.2) is 0 Å². The van der Waals surface area contributed by atoms with E-state index in [1.54, 1.807) is 44.9 Å². The molecule has 3 aliphatic rings. The Kier molecular flexibility index (Phi) is 5.01. The number of hydrogen-bond donors (Lipinski definition) is 0. The van der Waals surface area contributed by atoms with Crippen molar-refractivity contribution in [2.45, 2.75) is 97.8 Å². The van der Waals surface area contributed by atoms with Gasteiger partial charge in [0.15, 0.2) is 0 Å². The van der Waals surface area contributed by atoms with Crippen LogP contribution in [0.5, 0.6) is 0 Å². The van der Waals surface area contributed by atoms with E-state index in [9.17, 15) is 0 Å². The van der Waals surface area contributed by atoms with Crippen molar-refractivity contribution in [2.75, 3.05) is 0 Å². The van der Waals surface area contributed by atoms with Gasteiger partial charge >= 0.3 is 0 Å². The van der Waals surface area contributed by atoms with E-state index < -0.39 is 0 Å². The van der Waals surface area contributed by atoms with E-state index in [1.807, 2.05) is 0 Å². The Hall–Kier alpha value is 0. The second-order valence-corrected chi connectivity index (χ2v) is 9.07. The Morgan fingerprint density at radius 1 is 0.810 bits per heavy atom. The van der Waals surface area contributed by atoms with Gasteiger partial charge in [0.25, 0.3) is 0 Å². The van der Waals surface area contributed by atoms with Gasteiger partial charge in [-0.1, -0.05) is 46.5 Å². The molecule has 0 nitrogen and oxygen atoms in total. The fourth-order valence-electron chi connectivity index (χ4n) is 6.54. The molecule has 2 atom stereocenters. The maximum Gasteiger partial charge on any atom is -0.0241 e. The van der Waals surface area contributed by atoms with Gasteiger partial charge in [0.05, 0.1) is 0 Å². The van der Waals surface area contributed by atoms with E-state index in [-0.39, 0.29) is 0 Å². The van der Waals surface area contributed by atoms with Crippen molar-refractivity contribution < 1.29 is 0 Å². The summed E-state index contributed by atoms with van der Waals surface area (Å²) in [6, 6.07) is 0. The molecule has 0 radical (unpaired) electrons. The summed E-state index contributed by atoms with van der Waals surface area (Å²) >= 11 is 0. The molecule has 3 aliphatic carbocycles. The summed E-state index contributed by atoms with van der Waals surface area (Å²) in [7, 11) is 0. The van der Waals surface area contributed by atoms with Gasteiger partial charge in [0.1, 0.15) is 0 Å². The van der Waals surface area contributed by atoms with Gasteiger partial charge < -0.3 is 0 Å². The third-order valence-corrected chi connectivity index (χ3v) is 7.99. The normalized spacial score (nSPS) is 47.9. The maximum absolute atomic E-state index is 2.60. The predicted molar refractivity (Wildman–Crippen MR) is 92.3 cm³/mol. The fourth-order valence-corrected chi connectivity index (χ4v) is 6.54. The number of rotatable bonds is 3. The highest BCUT2D eigenvalue weighted by molar-refractivity contribution is 5.01. The van der Waals surface area contributed by atoms with Crippen LogP contribution in [0.15, 0.2) is 0 Å². The zero-order chi connectivity index (χ0) is 14.9. The van der Waals surface area contributed by atoms with E-state index >= 15 is 0 Å². The minimum atomic E-state index is 0.773. The molecule has 0 aromatic carbocycles. The fraction of sp³-hybridized carbons (Fsp3) is 1.00. The van der Waals surface area contributed by atoms with Crippen LogP contribution in [-0.2, 0) is 0 Å². The zero-order valence-electron chi connectivity index (χ0n) is 14.9. The van der Waals surface area contributed by atoms with Crippen molar-refractivity contribution >= 4 is 0 Å². The minimum Gasteiger partial charge on any atom is -0.0654 e. The van der Waals surface area contributed by atoms with Gasteiger partial charge in [0.2, 0.25) is 0 Å². The predicted octanol–water partition coefficient (Wildman–Crippen LogP) is 6.84. The van der Waals surface area contributed by atoms with Crippen molar-refractivity contribution in [2.24, 2.45) is 35.0 Å². The first kappa shape index (κ1) is 15.9. The SMILES string of the molecule is CCCC1CCC2(CC1)C(C)CCC2C1CCC(C)CC1. The summed E-state index contributed by atoms with van der Waals surface area (Å²) < 4.78 is 0. The maximum atomic E-state index is 2.60.